The van der Waals surface area contributed by atoms with Gasteiger partial charge < -0.3 is 19.5 Å². The largest absolute Gasteiger partial charge is 0.497 e. The summed E-state index contributed by atoms with van der Waals surface area (Å²) >= 11 is 0. The summed E-state index contributed by atoms with van der Waals surface area (Å²) in [6.45, 7) is 1.85. The number of esters is 1. The number of nitrogens with one attached hydrogen (secondary N) is 1. The minimum atomic E-state index is -0.452. The first kappa shape index (κ1) is 18.3. The molecule has 1 amide bonds. The van der Waals surface area contributed by atoms with E-state index in [4.69, 9.17) is 14.2 Å². The quantitative estimate of drug-likeness (QED) is 0.816. The predicted octanol–water partition coefficient (Wildman–Crippen LogP) is 2.98. The van der Waals surface area contributed by atoms with Gasteiger partial charge in [0.25, 0.3) is 0 Å². The van der Waals surface area contributed by atoms with E-state index >= 15 is 0 Å². The van der Waals surface area contributed by atoms with Crippen molar-refractivity contribution >= 4 is 17.6 Å². The number of ether oxygens (including phenoxy) is 3. The Hall–Kier alpha value is -3.02. The molecule has 132 valence electrons. The smallest absolute Gasteiger partial charge is 0.337 e. The molecule has 1 N–H and O–H groups in total. The standard InChI is InChI=1S/C19H21NO5/c1-12-5-6-14(19(22)25-4)9-16(12)20-18(21)10-13-7-8-15(23-2)11-17(13)24-3/h5-9,11H,10H2,1-4H3,(H,20,21). The van der Waals surface area contributed by atoms with Crippen LogP contribution in [-0.4, -0.2) is 33.2 Å². The number of amides is 1. The molecule has 0 saturated heterocycles. The van der Waals surface area contributed by atoms with Crippen molar-refractivity contribution in [3.63, 3.8) is 0 Å². The molecule has 2 aromatic rings. The third-order valence-electron chi connectivity index (χ3n) is 3.78. The van der Waals surface area contributed by atoms with E-state index in [9.17, 15) is 9.59 Å². The minimum Gasteiger partial charge on any atom is -0.497 e. The van der Waals surface area contributed by atoms with Crippen LogP contribution in [0.25, 0.3) is 0 Å². The van der Waals surface area contributed by atoms with E-state index in [1.807, 2.05) is 6.92 Å². The topological polar surface area (TPSA) is 73.9 Å². The van der Waals surface area contributed by atoms with Crippen LogP contribution in [0.2, 0.25) is 0 Å². The molecule has 2 rings (SSSR count). The van der Waals surface area contributed by atoms with Gasteiger partial charge in [0.1, 0.15) is 11.5 Å². The molecule has 2 aromatic carbocycles. The number of anilines is 1. The molecule has 0 aromatic heterocycles. The number of aryl methyl sites for hydroxylation is 1. The second-order valence-electron chi connectivity index (χ2n) is 5.42. The highest BCUT2D eigenvalue weighted by Gasteiger charge is 2.13. The van der Waals surface area contributed by atoms with Crippen molar-refractivity contribution in [3.05, 3.63) is 53.1 Å². The van der Waals surface area contributed by atoms with Gasteiger partial charge >= 0.3 is 5.97 Å². The van der Waals surface area contributed by atoms with Gasteiger partial charge in [-0.15, -0.1) is 0 Å². The first-order valence-electron chi connectivity index (χ1n) is 7.68. The van der Waals surface area contributed by atoms with Crippen molar-refractivity contribution < 1.29 is 23.8 Å². The number of benzene rings is 2. The van der Waals surface area contributed by atoms with Gasteiger partial charge in [-0.2, -0.15) is 0 Å². The van der Waals surface area contributed by atoms with Crippen LogP contribution in [0.4, 0.5) is 5.69 Å². The number of carbonyl (C=O) groups excluding carboxylic acids is 2. The molecule has 0 unspecified atom stereocenters. The number of carbonyl (C=O) groups is 2. The van der Waals surface area contributed by atoms with Crippen molar-refractivity contribution in [1.29, 1.82) is 0 Å². The zero-order chi connectivity index (χ0) is 18.4. The fraction of sp³-hybridized carbons (Fsp3) is 0.263. The van der Waals surface area contributed by atoms with Gasteiger partial charge in [-0.1, -0.05) is 12.1 Å². The van der Waals surface area contributed by atoms with E-state index in [0.717, 1.165) is 11.1 Å². The third-order valence-corrected chi connectivity index (χ3v) is 3.78. The van der Waals surface area contributed by atoms with Crippen LogP contribution in [0.5, 0.6) is 11.5 Å². The van der Waals surface area contributed by atoms with Gasteiger partial charge in [-0.05, 0) is 30.7 Å². The first-order valence-corrected chi connectivity index (χ1v) is 7.68. The average Bonchev–Trinajstić information content (AvgIpc) is 2.63. The normalized spacial score (nSPS) is 10.1. The zero-order valence-corrected chi connectivity index (χ0v) is 14.7. The maximum Gasteiger partial charge on any atom is 0.337 e. The van der Waals surface area contributed by atoms with Gasteiger partial charge in [-0.3, -0.25) is 4.79 Å². The van der Waals surface area contributed by atoms with Crippen molar-refractivity contribution in [2.24, 2.45) is 0 Å². The second kappa shape index (κ2) is 8.19. The summed E-state index contributed by atoms with van der Waals surface area (Å²) in [4.78, 5) is 24.0. The summed E-state index contributed by atoms with van der Waals surface area (Å²) < 4.78 is 15.2. The summed E-state index contributed by atoms with van der Waals surface area (Å²) in [5.41, 5.74) is 2.54. The molecule has 0 aliphatic rings. The lowest BCUT2D eigenvalue weighted by Crippen LogP contribution is -2.16. The van der Waals surface area contributed by atoms with E-state index in [0.29, 0.717) is 22.7 Å². The van der Waals surface area contributed by atoms with Crippen LogP contribution in [-0.2, 0) is 16.0 Å². The summed E-state index contributed by atoms with van der Waals surface area (Å²) in [5, 5.41) is 2.82. The van der Waals surface area contributed by atoms with Crippen LogP contribution in [0.1, 0.15) is 21.5 Å². The van der Waals surface area contributed by atoms with Crippen LogP contribution < -0.4 is 14.8 Å². The monoisotopic (exact) mass is 343 g/mol. The van der Waals surface area contributed by atoms with E-state index in [-0.39, 0.29) is 12.3 Å². The Bertz CT molecular complexity index is 785. The molecule has 0 fully saturated rings. The van der Waals surface area contributed by atoms with Crippen LogP contribution in [0.15, 0.2) is 36.4 Å². The molecule has 6 nitrogen and oxygen atoms in total. The van der Waals surface area contributed by atoms with E-state index in [1.165, 1.54) is 7.11 Å². The van der Waals surface area contributed by atoms with Crippen molar-refractivity contribution in [2.75, 3.05) is 26.6 Å². The van der Waals surface area contributed by atoms with Crippen molar-refractivity contribution in [3.8, 4) is 11.5 Å². The van der Waals surface area contributed by atoms with Gasteiger partial charge in [0.05, 0.1) is 33.3 Å². The highest BCUT2D eigenvalue weighted by Crippen LogP contribution is 2.25. The van der Waals surface area contributed by atoms with Gasteiger partial charge in [-0.25, -0.2) is 4.79 Å². The Morgan fingerprint density at radius 2 is 1.76 bits per heavy atom. The molecule has 0 bridgehead atoms. The summed E-state index contributed by atoms with van der Waals surface area (Å²) in [7, 11) is 4.43. The van der Waals surface area contributed by atoms with Crippen LogP contribution in [0, 0.1) is 6.92 Å². The Morgan fingerprint density at radius 1 is 1.00 bits per heavy atom. The molecular weight excluding hydrogens is 322 g/mol. The van der Waals surface area contributed by atoms with Crippen LogP contribution in [0.3, 0.4) is 0 Å². The highest BCUT2D eigenvalue weighted by molar-refractivity contribution is 5.96. The Morgan fingerprint density at radius 3 is 2.40 bits per heavy atom. The molecule has 0 radical (unpaired) electrons. The Balaban J connectivity index is 2.17. The minimum absolute atomic E-state index is 0.134. The number of rotatable bonds is 6. The molecule has 0 spiro atoms. The first-order chi connectivity index (χ1) is 12.0. The van der Waals surface area contributed by atoms with Crippen molar-refractivity contribution in [2.45, 2.75) is 13.3 Å². The molecular formula is C19H21NO5. The number of methoxy groups -OCH3 is 3. The predicted molar refractivity (Wildman–Crippen MR) is 94.4 cm³/mol. The average molecular weight is 343 g/mol. The number of hydrogen-bond acceptors (Lipinski definition) is 5. The molecule has 25 heavy (non-hydrogen) atoms. The molecule has 0 atom stereocenters. The maximum atomic E-state index is 12.4. The van der Waals surface area contributed by atoms with E-state index in [1.54, 1.807) is 50.6 Å². The zero-order valence-electron chi connectivity index (χ0n) is 14.7. The second-order valence-corrected chi connectivity index (χ2v) is 5.42. The van der Waals surface area contributed by atoms with E-state index < -0.39 is 5.97 Å². The van der Waals surface area contributed by atoms with Gasteiger partial charge in [0, 0.05) is 17.3 Å². The summed E-state index contributed by atoms with van der Waals surface area (Å²) in [5.74, 6) is 0.568. The lowest BCUT2D eigenvalue weighted by molar-refractivity contribution is -0.115. The Kier molecular flexibility index (Phi) is 6.00. The SMILES string of the molecule is COC(=O)c1ccc(C)c(NC(=O)Cc2ccc(OC)cc2OC)c1. The van der Waals surface area contributed by atoms with Crippen molar-refractivity contribution in [1.82, 2.24) is 0 Å². The molecule has 0 heterocycles. The van der Waals surface area contributed by atoms with Gasteiger partial charge in [0.15, 0.2) is 0 Å². The molecule has 6 heteroatoms. The fourth-order valence-electron chi connectivity index (χ4n) is 2.37. The molecule has 0 saturated carbocycles. The highest BCUT2D eigenvalue weighted by atomic mass is 16.5. The van der Waals surface area contributed by atoms with Gasteiger partial charge in [0.2, 0.25) is 5.91 Å². The third kappa shape index (κ3) is 4.50. The molecule has 0 aliphatic heterocycles. The Labute approximate surface area is 146 Å². The maximum absolute atomic E-state index is 12.4. The lowest BCUT2D eigenvalue weighted by atomic mass is 10.1. The molecule has 0 aliphatic carbocycles. The fourth-order valence-corrected chi connectivity index (χ4v) is 2.37. The van der Waals surface area contributed by atoms with E-state index in [2.05, 4.69) is 5.32 Å². The van der Waals surface area contributed by atoms with Crippen LogP contribution >= 0.6 is 0 Å². The summed E-state index contributed by atoms with van der Waals surface area (Å²) in [6, 6.07) is 10.3. The number of hydrogen-bond donors (Lipinski definition) is 1. The summed E-state index contributed by atoms with van der Waals surface area (Å²) in [6.07, 6.45) is 0.134. The lowest BCUT2D eigenvalue weighted by Gasteiger charge is -2.12.